The Hall–Kier alpha value is -1.02. The molecule has 2 amide bonds. The summed E-state index contributed by atoms with van der Waals surface area (Å²) in [5.41, 5.74) is 0. The topological polar surface area (TPSA) is 58.2 Å². The fraction of sp³-hybridized carbons (Fsp3) is 0.769. The minimum atomic E-state index is -0.960. The summed E-state index contributed by atoms with van der Waals surface area (Å²) in [7, 11) is -0.960. The number of nitrogens with one attached hydrogen (secondary N) is 2. The van der Waals surface area contributed by atoms with Crippen LogP contribution in [0.1, 0.15) is 34.6 Å². The fourth-order valence-electron chi connectivity index (χ4n) is 1.16. The van der Waals surface area contributed by atoms with E-state index >= 15 is 0 Å². The highest BCUT2D eigenvalue weighted by atomic mass is 32.2. The molecule has 0 saturated carbocycles. The van der Waals surface area contributed by atoms with Crippen LogP contribution in [0.15, 0.2) is 0 Å². The third-order valence-electron chi connectivity index (χ3n) is 2.39. The van der Waals surface area contributed by atoms with E-state index in [0.717, 1.165) is 0 Å². The SMILES string of the molecule is C#C[C@H](NC(=O)NCC[S@](=O)C(C)(C)C)C(C)C. The first-order valence-electron chi connectivity index (χ1n) is 6.07. The molecule has 0 heterocycles. The Balaban J connectivity index is 4.00. The largest absolute Gasteiger partial charge is 0.337 e. The van der Waals surface area contributed by atoms with Crippen molar-refractivity contribution in [3.8, 4) is 12.3 Å². The van der Waals surface area contributed by atoms with E-state index in [4.69, 9.17) is 6.42 Å². The monoisotopic (exact) mass is 272 g/mol. The third kappa shape index (κ3) is 6.65. The zero-order valence-corrected chi connectivity index (χ0v) is 12.7. The summed E-state index contributed by atoms with van der Waals surface area (Å²) in [5, 5.41) is 5.36. The highest BCUT2D eigenvalue weighted by molar-refractivity contribution is 7.86. The summed E-state index contributed by atoms with van der Waals surface area (Å²) in [5.74, 6) is 3.15. The summed E-state index contributed by atoms with van der Waals surface area (Å²) < 4.78 is 11.5. The standard InChI is InChI=1S/C13H24N2O2S/c1-7-11(10(2)3)15-12(16)14-8-9-18(17)13(4,5)6/h1,10-11H,8-9H2,2-6H3,(H2,14,15,16)/t11-,18-/m0/s1. The predicted molar refractivity (Wildman–Crippen MR) is 76.8 cm³/mol. The van der Waals surface area contributed by atoms with Crippen molar-refractivity contribution < 1.29 is 9.00 Å². The van der Waals surface area contributed by atoms with Crippen molar-refractivity contribution in [3.05, 3.63) is 0 Å². The number of carbonyl (C=O) groups is 1. The second-order valence-electron chi connectivity index (χ2n) is 5.45. The van der Waals surface area contributed by atoms with Gasteiger partial charge in [-0.05, 0) is 26.7 Å². The molecule has 0 aliphatic heterocycles. The molecule has 2 atom stereocenters. The molecule has 0 spiro atoms. The lowest BCUT2D eigenvalue weighted by Crippen LogP contribution is -2.45. The summed E-state index contributed by atoms with van der Waals surface area (Å²) in [6, 6.07) is -0.587. The highest BCUT2D eigenvalue weighted by Gasteiger charge is 2.19. The van der Waals surface area contributed by atoms with E-state index in [1.807, 2.05) is 34.6 Å². The number of hydrogen-bond acceptors (Lipinski definition) is 2. The van der Waals surface area contributed by atoms with Gasteiger partial charge in [0.2, 0.25) is 0 Å². The van der Waals surface area contributed by atoms with E-state index in [1.165, 1.54) is 0 Å². The Labute approximate surface area is 113 Å². The Morgan fingerprint density at radius 1 is 1.39 bits per heavy atom. The van der Waals surface area contributed by atoms with Crippen LogP contribution in [0.3, 0.4) is 0 Å². The maximum absolute atomic E-state index is 11.7. The lowest BCUT2D eigenvalue weighted by molar-refractivity contribution is 0.237. The second-order valence-corrected chi connectivity index (χ2v) is 7.77. The molecular weight excluding hydrogens is 248 g/mol. The molecule has 0 rings (SSSR count). The molecule has 0 fully saturated rings. The van der Waals surface area contributed by atoms with Gasteiger partial charge in [0, 0.05) is 27.8 Å². The summed E-state index contributed by atoms with van der Waals surface area (Å²) >= 11 is 0. The highest BCUT2D eigenvalue weighted by Crippen LogP contribution is 2.10. The van der Waals surface area contributed by atoms with Gasteiger partial charge in [-0.15, -0.1) is 6.42 Å². The van der Waals surface area contributed by atoms with Gasteiger partial charge in [0.15, 0.2) is 0 Å². The number of urea groups is 1. The molecule has 104 valence electrons. The molecule has 0 aromatic heterocycles. The van der Waals surface area contributed by atoms with Crippen LogP contribution in [0, 0.1) is 18.3 Å². The van der Waals surface area contributed by atoms with Gasteiger partial charge in [-0.1, -0.05) is 19.8 Å². The lowest BCUT2D eigenvalue weighted by atomic mass is 10.1. The average Bonchev–Trinajstić information content (AvgIpc) is 2.23. The molecular formula is C13H24N2O2S. The Bertz CT molecular complexity index is 340. The third-order valence-corrected chi connectivity index (χ3v) is 4.33. The molecule has 0 aliphatic rings. The van der Waals surface area contributed by atoms with Crippen molar-refractivity contribution in [1.82, 2.24) is 10.6 Å². The molecule has 0 aliphatic carbocycles. The fourth-order valence-corrected chi connectivity index (χ4v) is 2.06. The summed E-state index contributed by atoms with van der Waals surface area (Å²) in [6.07, 6.45) is 5.31. The van der Waals surface area contributed by atoms with Crippen LogP contribution in [0.5, 0.6) is 0 Å². The van der Waals surface area contributed by atoms with Gasteiger partial charge in [0.1, 0.15) is 0 Å². The quantitative estimate of drug-likeness (QED) is 0.745. The molecule has 4 nitrogen and oxygen atoms in total. The molecule has 0 radical (unpaired) electrons. The van der Waals surface area contributed by atoms with Crippen molar-refractivity contribution in [3.63, 3.8) is 0 Å². The molecule has 0 aromatic rings. The maximum Gasteiger partial charge on any atom is 0.315 e. The number of amides is 2. The molecule has 5 heteroatoms. The second kappa shape index (κ2) is 7.42. The number of carbonyl (C=O) groups excluding carboxylic acids is 1. The van der Waals surface area contributed by atoms with E-state index in [9.17, 15) is 9.00 Å². The zero-order valence-electron chi connectivity index (χ0n) is 11.9. The smallest absolute Gasteiger partial charge is 0.315 e. The molecule has 0 unspecified atom stereocenters. The van der Waals surface area contributed by atoms with E-state index in [-0.39, 0.29) is 22.7 Å². The first-order chi connectivity index (χ1) is 8.18. The van der Waals surface area contributed by atoms with Crippen LogP contribution in [0.2, 0.25) is 0 Å². The van der Waals surface area contributed by atoms with Gasteiger partial charge in [-0.25, -0.2) is 4.79 Å². The summed E-state index contributed by atoms with van der Waals surface area (Å²) in [6.45, 7) is 10.0. The first-order valence-corrected chi connectivity index (χ1v) is 7.39. The van der Waals surface area contributed by atoms with Crippen LogP contribution in [0.25, 0.3) is 0 Å². The van der Waals surface area contributed by atoms with Crippen molar-refractivity contribution in [2.45, 2.75) is 45.4 Å². The van der Waals surface area contributed by atoms with Gasteiger partial charge in [0.05, 0.1) is 6.04 Å². The van der Waals surface area contributed by atoms with Gasteiger partial charge < -0.3 is 10.6 Å². The lowest BCUT2D eigenvalue weighted by Gasteiger charge is -2.19. The van der Waals surface area contributed by atoms with Gasteiger partial charge in [0.25, 0.3) is 0 Å². The van der Waals surface area contributed by atoms with Crippen molar-refractivity contribution >= 4 is 16.8 Å². The molecule has 0 saturated heterocycles. The van der Waals surface area contributed by atoms with Gasteiger partial charge in [-0.2, -0.15) is 0 Å². The van der Waals surface area contributed by atoms with Crippen molar-refractivity contribution in [1.29, 1.82) is 0 Å². The van der Waals surface area contributed by atoms with Gasteiger partial charge in [-0.3, -0.25) is 4.21 Å². The van der Waals surface area contributed by atoms with Crippen molar-refractivity contribution in [2.24, 2.45) is 5.92 Å². The zero-order chi connectivity index (χ0) is 14.3. The van der Waals surface area contributed by atoms with Crippen LogP contribution in [-0.4, -0.2) is 33.3 Å². The number of terminal acetylenes is 1. The van der Waals surface area contributed by atoms with E-state index in [2.05, 4.69) is 16.6 Å². The summed E-state index contributed by atoms with van der Waals surface area (Å²) in [4.78, 5) is 11.5. The maximum atomic E-state index is 11.7. The Kier molecular flexibility index (Phi) is 7.00. The number of hydrogen-bond donors (Lipinski definition) is 2. The van der Waals surface area contributed by atoms with E-state index < -0.39 is 10.8 Å². The minimum Gasteiger partial charge on any atom is -0.337 e. The van der Waals surface area contributed by atoms with Crippen molar-refractivity contribution in [2.75, 3.05) is 12.3 Å². The number of rotatable bonds is 5. The van der Waals surface area contributed by atoms with E-state index in [0.29, 0.717) is 12.3 Å². The molecule has 0 aromatic carbocycles. The predicted octanol–water partition coefficient (Wildman–Crippen LogP) is 1.49. The van der Waals surface area contributed by atoms with Gasteiger partial charge >= 0.3 is 6.03 Å². The first kappa shape index (κ1) is 17.0. The minimum absolute atomic E-state index is 0.185. The van der Waals surface area contributed by atoms with Crippen LogP contribution >= 0.6 is 0 Å². The van der Waals surface area contributed by atoms with Crippen LogP contribution < -0.4 is 10.6 Å². The molecule has 2 N–H and O–H groups in total. The Morgan fingerprint density at radius 3 is 2.33 bits per heavy atom. The van der Waals surface area contributed by atoms with Crippen LogP contribution in [-0.2, 0) is 10.8 Å². The Morgan fingerprint density at radius 2 is 1.94 bits per heavy atom. The van der Waals surface area contributed by atoms with E-state index in [1.54, 1.807) is 0 Å². The molecule has 18 heavy (non-hydrogen) atoms. The van der Waals surface area contributed by atoms with Crippen LogP contribution in [0.4, 0.5) is 4.79 Å². The normalized spacial score (nSPS) is 14.7. The molecule has 0 bridgehead atoms. The average molecular weight is 272 g/mol.